The molecular formula is C27H29ClN2O6S2. The molecule has 0 spiro atoms. The fraction of sp³-hybridized carbons (Fsp3) is 0.259. The number of rotatable bonds is 12. The maximum Gasteiger partial charge on any atom is 0.251 e. The SMILES string of the molecule is CC[C@H](NC(=O)c1ccc(CNS(=O)(=O)c2ccc(O)c(C)c2)cc1)C(=O)CS(=O)Cc1cccc(Cl)c1. The Morgan fingerprint density at radius 2 is 1.74 bits per heavy atom. The zero-order chi connectivity index (χ0) is 27.9. The number of aryl methyl sites for hydroxylation is 1. The van der Waals surface area contributed by atoms with Crippen LogP contribution in [0.2, 0.25) is 5.02 Å². The van der Waals surface area contributed by atoms with Gasteiger partial charge in [-0.05, 0) is 72.5 Å². The first-order valence-corrected chi connectivity index (χ1v) is 15.1. The molecule has 0 aliphatic rings. The largest absolute Gasteiger partial charge is 0.508 e. The Morgan fingerprint density at radius 1 is 1.03 bits per heavy atom. The Morgan fingerprint density at radius 3 is 2.37 bits per heavy atom. The highest BCUT2D eigenvalue weighted by molar-refractivity contribution is 7.89. The first-order valence-electron chi connectivity index (χ1n) is 11.8. The number of carbonyl (C=O) groups is 2. The van der Waals surface area contributed by atoms with Gasteiger partial charge in [-0.3, -0.25) is 13.8 Å². The topological polar surface area (TPSA) is 130 Å². The molecule has 0 saturated heterocycles. The highest BCUT2D eigenvalue weighted by Crippen LogP contribution is 2.20. The van der Waals surface area contributed by atoms with Crippen LogP contribution in [-0.2, 0) is 37.9 Å². The van der Waals surface area contributed by atoms with Gasteiger partial charge in [0.1, 0.15) is 5.75 Å². The van der Waals surface area contributed by atoms with E-state index >= 15 is 0 Å². The summed E-state index contributed by atoms with van der Waals surface area (Å²) >= 11 is 5.95. The van der Waals surface area contributed by atoms with Crippen molar-refractivity contribution in [3.05, 3.63) is 94.0 Å². The van der Waals surface area contributed by atoms with Crippen LogP contribution >= 0.6 is 11.6 Å². The second-order valence-corrected chi connectivity index (χ2v) is 12.4. The van der Waals surface area contributed by atoms with Gasteiger partial charge in [0.05, 0.1) is 16.7 Å². The summed E-state index contributed by atoms with van der Waals surface area (Å²) in [6.07, 6.45) is 0.343. The van der Waals surface area contributed by atoms with Gasteiger partial charge in [-0.2, -0.15) is 0 Å². The van der Waals surface area contributed by atoms with Crippen LogP contribution in [0.4, 0.5) is 0 Å². The number of sulfonamides is 1. The molecule has 38 heavy (non-hydrogen) atoms. The van der Waals surface area contributed by atoms with Gasteiger partial charge < -0.3 is 10.4 Å². The minimum Gasteiger partial charge on any atom is -0.508 e. The molecular weight excluding hydrogens is 548 g/mol. The maximum atomic E-state index is 12.7. The second-order valence-electron chi connectivity index (χ2n) is 8.73. The number of nitrogens with one attached hydrogen (secondary N) is 2. The Kier molecular flexibility index (Phi) is 10.2. The fourth-order valence-corrected chi connectivity index (χ4v) is 6.09. The summed E-state index contributed by atoms with van der Waals surface area (Å²) in [6, 6.07) is 16.5. The number of amides is 1. The minimum atomic E-state index is -3.79. The highest BCUT2D eigenvalue weighted by atomic mass is 35.5. The van der Waals surface area contributed by atoms with Crippen molar-refractivity contribution in [1.29, 1.82) is 0 Å². The maximum absolute atomic E-state index is 12.7. The average molecular weight is 577 g/mol. The van der Waals surface area contributed by atoms with Crippen molar-refractivity contribution in [1.82, 2.24) is 10.0 Å². The van der Waals surface area contributed by atoms with Crippen LogP contribution in [-0.4, -0.2) is 41.2 Å². The monoisotopic (exact) mass is 576 g/mol. The molecule has 202 valence electrons. The van der Waals surface area contributed by atoms with Gasteiger partial charge in [0, 0.05) is 33.7 Å². The van der Waals surface area contributed by atoms with Crippen LogP contribution in [0.5, 0.6) is 5.75 Å². The van der Waals surface area contributed by atoms with Crippen LogP contribution < -0.4 is 10.0 Å². The number of phenols is 1. The van der Waals surface area contributed by atoms with E-state index in [1.807, 2.05) is 0 Å². The first kappa shape index (κ1) is 29.5. The van der Waals surface area contributed by atoms with Crippen LogP contribution in [0, 0.1) is 6.92 Å². The lowest BCUT2D eigenvalue weighted by Crippen LogP contribution is -2.42. The number of Topliss-reactive ketones (excluding diaryl/α,β-unsaturated/α-hetero) is 1. The highest BCUT2D eigenvalue weighted by Gasteiger charge is 2.22. The Balaban J connectivity index is 1.55. The van der Waals surface area contributed by atoms with Gasteiger partial charge in [0.15, 0.2) is 5.78 Å². The summed E-state index contributed by atoms with van der Waals surface area (Å²) < 4.78 is 40.0. The van der Waals surface area contributed by atoms with E-state index in [-0.39, 0.29) is 34.5 Å². The Labute approximate surface area is 229 Å². The number of halogens is 1. The van der Waals surface area contributed by atoms with Crippen molar-refractivity contribution < 1.29 is 27.3 Å². The molecule has 0 radical (unpaired) electrons. The fourth-order valence-electron chi connectivity index (χ4n) is 3.61. The number of hydrogen-bond donors (Lipinski definition) is 3. The third-order valence-corrected chi connectivity index (χ3v) is 8.68. The molecule has 1 amide bonds. The molecule has 0 aromatic heterocycles. The van der Waals surface area contributed by atoms with Gasteiger partial charge >= 0.3 is 0 Å². The van der Waals surface area contributed by atoms with E-state index in [2.05, 4.69) is 10.0 Å². The first-order chi connectivity index (χ1) is 18.0. The summed E-state index contributed by atoms with van der Waals surface area (Å²) in [7, 11) is -5.24. The van der Waals surface area contributed by atoms with Crippen LogP contribution in [0.3, 0.4) is 0 Å². The van der Waals surface area contributed by atoms with Gasteiger partial charge in [0.25, 0.3) is 5.91 Å². The molecule has 0 aliphatic heterocycles. The molecule has 11 heteroatoms. The molecule has 3 aromatic rings. The summed E-state index contributed by atoms with van der Waals surface area (Å²) in [5.41, 5.74) is 2.14. The minimum absolute atomic E-state index is 0.00132. The van der Waals surface area contributed by atoms with E-state index in [0.29, 0.717) is 28.1 Å². The predicted molar refractivity (Wildman–Crippen MR) is 148 cm³/mol. The third-order valence-electron chi connectivity index (χ3n) is 5.78. The summed E-state index contributed by atoms with van der Waals surface area (Å²) in [6.45, 7) is 3.36. The van der Waals surface area contributed by atoms with Crippen LogP contribution in [0.1, 0.15) is 40.4 Å². The van der Waals surface area contributed by atoms with Crippen molar-refractivity contribution in [3.8, 4) is 5.75 Å². The van der Waals surface area contributed by atoms with E-state index in [0.717, 1.165) is 5.56 Å². The standard InChI is InChI=1S/C27H29ClN2O6S2/c1-3-24(26(32)17-37(34)16-20-5-4-6-22(28)14-20)30-27(33)21-9-7-19(8-10-21)15-29-38(35,36)23-11-12-25(31)18(2)13-23/h4-14,24,29,31H,3,15-17H2,1-2H3,(H,30,33)/t24-,37?/m0/s1. The van der Waals surface area contributed by atoms with Gasteiger partial charge in [-0.15, -0.1) is 0 Å². The second kappa shape index (κ2) is 13.1. The number of ketones is 1. The van der Waals surface area contributed by atoms with Crippen molar-refractivity contribution in [3.63, 3.8) is 0 Å². The molecule has 3 rings (SSSR count). The lowest BCUT2D eigenvalue weighted by molar-refractivity contribution is -0.118. The van der Waals surface area contributed by atoms with Crippen molar-refractivity contribution in [2.75, 3.05) is 5.75 Å². The number of aromatic hydroxyl groups is 1. The molecule has 3 N–H and O–H groups in total. The van der Waals surface area contributed by atoms with E-state index in [1.165, 1.54) is 30.3 Å². The number of phenolic OH excluding ortho intramolecular Hbond substituents is 1. The van der Waals surface area contributed by atoms with Gasteiger partial charge in [-0.1, -0.05) is 42.8 Å². The number of carbonyl (C=O) groups excluding carboxylic acids is 2. The van der Waals surface area contributed by atoms with Crippen LogP contribution in [0.25, 0.3) is 0 Å². The molecule has 0 saturated carbocycles. The van der Waals surface area contributed by atoms with Crippen LogP contribution in [0.15, 0.2) is 71.6 Å². The summed E-state index contributed by atoms with van der Waals surface area (Å²) in [5, 5.41) is 12.8. The van der Waals surface area contributed by atoms with E-state index in [1.54, 1.807) is 50.2 Å². The quantitative estimate of drug-likeness (QED) is 0.300. The van der Waals surface area contributed by atoms with Crippen molar-refractivity contribution in [2.45, 2.75) is 43.5 Å². The lowest BCUT2D eigenvalue weighted by atomic mass is 10.1. The smallest absolute Gasteiger partial charge is 0.251 e. The van der Waals surface area contributed by atoms with E-state index in [4.69, 9.17) is 11.6 Å². The lowest BCUT2D eigenvalue weighted by Gasteiger charge is -2.16. The third kappa shape index (κ3) is 8.22. The van der Waals surface area contributed by atoms with Gasteiger partial charge in [0.2, 0.25) is 10.0 Å². The molecule has 1 unspecified atom stereocenters. The molecule has 3 aromatic carbocycles. The number of benzene rings is 3. The van der Waals surface area contributed by atoms with E-state index in [9.17, 15) is 27.3 Å². The summed E-state index contributed by atoms with van der Waals surface area (Å²) in [5.74, 6) is -0.774. The normalized spacial score (nSPS) is 13.0. The zero-order valence-corrected chi connectivity index (χ0v) is 23.3. The van der Waals surface area contributed by atoms with Crippen molar-refractivity contribution in [2.24, 2.45) is 0 Å². The molecule has 2 atom stereocenters. The predicted octanol–water partition coefficient (Wildman–Crippen LogP) is 3.86. The van der Waals surface area contributed by atoms with Gasteiger partial charge in [-0.25, -0.2) is 13.1 Å². The molecule has 0 fully saturated rings. The molecule has 8 nitrogen and oxygen atoms in total. The Bertz CT molecular complexity index is 1440. The molecule has 0 heterocycles. The molecule has 0 bridgehead atoms. The van der Waals surface area contributed by atoms with E-state index < -0.39 is 32.8 Å². The molecule has 0 aliphatic carbocycles. The van der Waals surface area contributed by atoms with Crippen molar-refractivity contribution >= 4 is 44.1 Å². The summed E-state index contributed by atoms with van der Waals surface area (Å²) in [4.78, 5) is 25.4. The Hall–Kier alpha value is -3.05. The average Bonchev–Trinajstić information content (AvgIpc) is 2.87. The zero-order valence-electron chi connectivity index (χ0n) is 20.9. The number of hydrogen-bond acceptors (Lipinski definition) is 6.